The number of nitrogens with one attached hydrogen (secondary N) is 1. The van der Waals surface area contributed by atoms with E-state index in [4.69, 9.17) is 5.73 Å². The minimum absolute atomic E-state index is 0.0143. The zero-order valence-electron chi connectivity index (χ0n) is 14.0. The maximum Gasteiger partial charge on any atom is 0.319 e. The molecule has 120 valence electrons. The van der Waals surface area contributed by atoms with Gasteiger partial charge >= 0.3 is 6.03 Å². The van der Waals surface area contributed by atoms with E-state index >= 15 is 0 Å². The van der Waals surface area contributed by atoms with Crippen LogP contribution in [0, 0.1) is 0 Å². The summed E-state index contributed by atoms with van der Waals surface area (Å²) in [6.07, 6.45) is 2.74. The number of carbonyl (C=O) groups is 1. The number of nitrogens with zero attached hydrogens (tertiary/aromatic N) is 3. The predicted molar refractivity (Wildman–Crippen MR) is 84.4 cm³/mol. The van der Waals surface area contributed by atoms with Crippen molar-refractivity contribution in [2.75, 3.05) is 41.3 Å². The van der Waals surface area contributed by atoms with Gasteiger partial charge in [0.2, 0.25) is 0 Å². The fraction of sp³-hybridized carbons (Fsp3) is 0.929. The van der Waals surface area contributed by atoms with Gasteiger partial charge in [0.1, 0.15) is 0 Å². The molecule has 0 bridgehead atoms. The van der Waals surface area contributed by atoms with Gasteiger partial charge in [-0.15, -0.1) is 0 Å². The Balaban J connectivity index is 4.87. The van der Waals surface area contributed by atoms with Crippen molar-refractivity contribution >= 4 is 6.03 Å². The lowest BCUT2D eigenvalue weighted by molar-refractivity contribution is 0.0895. The number of hydrogen-bond donors (Lipinski definition) is 2. The lowest BCUT2D eigenvalue weighted by atomic mass is 10.2. The van der Waals surface area contributed by atoms with Gasteiger partial charge in [-0.2, -0.15) is 0 Å². The molecule has 0 aromatic carbocycles. The second-order valence-corrected chi connectivity index (χ2v) is 5.53. The maximum absolute atomic E-state index is 12.5. The third-order valence-corrected chi connectivity index (χ3v) is 3.49. The van der Waals surface area contributed by atoms with Gasteiger partial charge in [-0.1, -0.05) is 13.8 Å². The number of rotatable bonds is 9. The van der Waals surface area contributed by atoms with Crippen LogP contribution in [0.4, 0.5) is 4.79 Å². The van der Waals surface area contributed by atoms with Gasteiger partial charge in [0.15, 0.2) is 0 Å². The summed E-state index contributed by atoms with van der Waals surface area (Å²) in [6.45, 7) is 5.44. The van der Waals surface area contributed by atoms with Crippen LogP contribution in [0.3, 0.4) is 0 Å². The Morgan fingerprint density at radius 2 is 1.70 bits per heavy atom. The first-order valence-electron chi connectivity index (χ1n) is 7.49. The van der Waals surface area contributed by atoms with Gasteiger partial charge in [-0.25, -0.2) is 4.79 Å². The summed E-state index contributed by atoms with van der Waals surface area (Å²) in [4.78, 5) is 18.5. The molecule has 0 fully saturated rings. The smallest absolute Gasteiger partial charge is 0.319 e. The van der Waals surface area contributed by atoms with Crippen LogP contribution in [-0.4, -0.2) is 74.3 Å². The highest BCUT2D eigenvalue weighted by molar-refractivity contribution is 5.74. The van der Waals surface area contributed by atoms with Gasteiger partial charge in [0.05, 0.1) is 12.3 Å². The summed E-state index contributed by atoms with van der Waals surface area (Å²) in [6, 6.07) is -0.0143. The Morgan fingerprint density at radius 3 is 2.05 bits per heavy atom. The highest BCUT2D eigenvalue weighted by Crippen LogP contribution is 2.09. The molecular weight excluding hydrogens is 254 g/mol. The molecule has 0 spiro atoms. The summed E-state index contributed by atoms with van der Waals surface area (Å²) in [7, 11) is 7.95. The molecule has 0 aromatic heterocycles. The predicted octanol–water partition coefficient (Wildman–Crippen LogP) is 0.942. The van der Waals surface area contributed by atoms with Gasteiger partial charge in [0, 0.05) is 6.54 Å². The van der Waals surface area contributed by atoms with E-state index in [-0.39, 0.29) is 18.4 Å². The summed E-state index contributed by atoms with van der Waals surface area (Å²) in [5.41, 5.74) is 5.59. The monoisotopic (exact) mass is 287 g/mol. The van der Waals surface area contributed by atoms with E-state index in [1.807, 2.05) is 38.0 Å². The van der Waals surface area contributed by atoms with E-state index in [0.29, 0.717) is 13.1 Å². The third kappa shape index (κ3) is 6.07. The Bertz CT molecular complexity index is 270. The zero-order chi connectivity index (χ0) is 15.7. The van der Waals surface area contributed by atoms with Crippen molar-refractivity contribution in [2.24, 2.45) is 5.73 Å². The van der Waals surface area contributed by atoms with Crippen LogP contribution in [0.25, 0.3) is 0 Å². The SMILES string of the molecule is CCC(NC(=O)N(CCCN)C(CC)N(C)C)N(C)C. The summed E-state index contributed by atoms with van der Waals surface area (Å²) in [5, 5.41) is 3.09. The molecule has 0 radical (unpaired) electrons. The number of nitrogens with two attached hydrogens (primary N) is 1. The van der Waals surface area contributed by atoms with Crippen LogP contribution in [0.2, 0.25) is 0 Å². The fourth-order valence-corrected chi connectivity index (χ4v) is 2.33. The van der Waals surface area contributed by atoms with Crippen molar-refractivity contribution in [3.8, 4) is 0 Å². The Labute approximate surface area is 124 Å². The van der Waals surface area contributed by atoms with Crippen molar-refractivity contribution in [1.82, 2.24) is 20.0 Å². The second-order valence-electron chi connectivity index (χ2n) is 5.53. The lowest BCUT2D eigenvalue weighted by Gasteiger charge is -2.37. The van der Waals surface area contributed by atoms with E-state index in [1.165, 1.54) is 0 Å². The molecule has 0 saturated carbocycles. The van der Waals surface area contributed by atoms with Crippen LogP contribution >= 0.6 is 0 Å². The van der Waals surface area contributed by atoms with Gasteiger partial charge < -0.3 is 16.0 Å². The summed E-state index contributed by atoms with van der Waals surface area (Å²) in [5.74, 6) is 0. The van der Waals surface area contributed by atoms with Crippen LogP contribution in [0.5, 0.6) is 0 Å². The Kier molecular flexibility index (Phi) is 9.54. The maximum atomic E-state index is 12.5. The number of hydrogen-bond acceptors (Lipinski definition) is 4. The average Bonchev–Trinajstić information content (AvgIpc) is 2.39. The molecule has 6 heteroatoms. The van der Waals surface area contributed by atoms with Crippen molar-refractivity contribution in [3.63, 3.8) is 0 Å². The van der Waals surface area contributed by atoms with Crippen molar-refractivity contribution in [1.29, 1.82) is 0 Å². The molecule has 0 aliphatic rings. The largest absolute Gasteiger partial charge is 0.330 e. The number of urea groups is 1. The molecule has 0 rings (SSSR count). The van der Waals surface area contributed by atoms with Crippen molar-refractivity contribution in [2.45, 2.75) is 45.4 Å². The zero-order valence-corrected chi connectivity index (χ0v) is 14.0. The highest BCUT2D eigenvalue weighted by atomic mass is 16.2. The quantitative estimate of drug-likeness (QED) is 0.620. The Hall–Kier alpha value is -0.850. The lowest BCUT2D eigenvalue weighted by Crippen LogP contribution is -2.56. The fourth-order valence-electron chi connectivity index (χ4n) is 2.33. The van der Waals surface area contributed by atoms with Crippen LogP contribution < -0.4 is 11.1 Å². The molecule has 6 nitrogen and oxygen atoms in total. The molecule has 0 saturated heterocycles. The minimum Gasteiger partial charge on any atom is -0.330 e. The number of amides is 2. The van der Waals surface area contributed by atoms with Crippen LogP contribution in [-0.2, 0) is 0 Å². The van der Waals surface area contributed by atoms with E-state index < -0.39 is 0 Å². The van der Waals surface area contributed by atoms with Gasteiger partial charge in [-0.3, -0.25) is 9.80 Å². The molecular formula is C14H33N5O. The van der Waals surface area contributed by atoms with Gasteiger partial charge in [0.25, 0.3) is 0 Å². The minimum atomic E-state index is -0.0143. The second kappa shape index (κ2) is 9.96. The van der Waals surface area contributed by atoms with Crippen LogP contribution in [0.1, 0.15) is 33.1 Å². The summed E-state index contributed by atoms with van der Waals surface area (Å²) < 4.78 is 0. The Morgan fingerprint density at radius 1 is 1.10 bits per heavy atom. The molecule has 3 N–H and O–H groups in total. The van der Waals surface area contributed by atoms with E-state index in [9.17, 15) is 4.79 Å². The first-order chi connectivity index (χ1) is 9.38. The molecule has 2 atom stereocenters. The molecule has 0 heterocycles. The molecule has 0 aliphatic carbocycles. The van der Waals surface area contributed by atoms with Gasteiger partial charge in [-0.05, 0) is 54.0 Å². The van der Waals surface area contributed by atoms with E-state index in [2.05, 4.69) is 24.1 Å². The first kappa shape index (κ1) is 19.1. The summed E-state index contributed by atoms with van der Waals surface area (Å²) >= 11 is 0. The molecule has 0 aromatic rings. The van der Waals surface area contributed by atoms with E-state index in [0.717, 1.165) is 19.3 Å². The van der Waals surface area contributed by atoms with Crippen molar-refractivity contribution < 1.29 is 4.79 Å². The highest BCUT2D eigenvalue weighted by Gasteiger charge is 2.25. The third-order valence-electron chi connectivity index (χ3n) is 3.49. The molecule has 0 aliphatic heterocycles. The van der Waals surface area contributed by atoms with Crippen molar-refractivity contribution in [3.05, 3.63) is 0 Å². The first-order valence-corrected chi connectivity index (χ1v) is 7.49. The number of carbonyl (C=O) groups excluding carboxylic acids is 1. The topological polar surface area (TPSA) is 64.8 Å². The molecule has 2 amide bonds. The van der Waals surface area contributed by atoms with E-state index in [1.54, 1.807) is 0 Å². The van der Waals surface area contributed by atoms with Crippen LogP contribution in [0.15, 0.2) is 0 Å². The molecule has 2 unspecified atom stereocenters. The molecule has 20 heavy (non-hydrogen) atoms. The normalized spacial score (nSPS) is 14.4. The average molecular weight is 287 g/mol. The standard InChI is InChI=1S/C14H33N5O/c1-7-12(17(3)4)16-14(20)19(11-9-10-15)13(8-2)18(5)6/h12-13H,7-11,15H2,1-6H3,(H,16,20).